The van der Waals surface area contributed by atoms with Crippen molar-refractivity contribution >= 4 is 29.6 Å². The molecule has 36 heavy (non-hydrogen) atoms. The maximum Gasteiger partial charge on any atom is 0.326 e. The van der Waals surface area contributed by atoms with E-state index in [1.54, 1.807) is 30.3 Å². The fourth-order valence-corrected chi connectivity index (χ4v) is 4.03. The Balaban J connectivity index is 2.13. The molecule has 11 heteroatoms. The Morgan fingerprint density at radius 2 is 1.64 bits per heavy atom. The number of hydrogen-bond acceptors (Lipinski definition) is 6. The molecule has 198 valence electrons. The molecule has 4 unspecified atom stereocenters. The van der Waals surface area contributed by atoms with Crippen LogP contribution in [-0.4, -0.2) is 65.4 Å². The molecule has 0 aliphatic carbocycles. The van der Waals surface area contributed by atoms with E-state index in [0.717, 1.165) is 13.0 Å². The van der Waals surface area contributed by atoms with Crippen molar-refractivity contribution < 1.29 is 29.1 Å². The van der Waals surface area contributed by atoms with Crippen LogP contribution in [0.1, 0.15) is 51.5 Å². The van der Waals surface area contributed by atoms with Gasteiger partial charge in [0.25, 0.3) is 0 Å². The minimum absolute atomic E-state index is 0.0405. The summed E-state index contributed by atoms with van der Waals surface area (Å²) >= 11 is 0. The summed E-state index contributed by atoms with van der Waals surface area (Å²) < 4.78 is 0. The van der Waals surface area contributed by atoms with E-state index in [0.29, 0.717) is 18.4 Å². The fraction of sp³-hybridized carbons (Fsp3) is 0.560. The SMILES string of the molecule is CC(C)CC(NC(=O)C1CCCN1)C(=O)NC(CCC(N)=O)C(=O)NC(Cc1ccccc1)C(=O)O. The minimum atomic E-state index is -1.24. The lowest BCUT2D eigenvalue weighted by Crippen LogP contribution is -2.57. The second-order valence-electron chi connectivity index (χ2n) is 9.49. The Morgan fingerprint density at radius 3 is 2.19 bits per heavy atom. The quantitative estimate of drug-likeness (QED) is 0.204. The van der Waals surface area contributed by atoms with Gasteiger partial charge in [-0.2, -0.15) is 0 Å². The highest BCUT2D eigenvalue weighted by molar-refractivity contribution is 5.94. The third-order valence-electron chi connectivity index (χ3n) is 5.93. The molecule has 1 aromatic carbocycles. The first-order chi connectivity index (χ1) is 17.1. The van der Waals surface area contributed by atoms with Gasteiger partial charge in [-0.05, 0) is 43.7 Å². The highest BCUT2D eigenvalue weighted by atomic mass is 16.4. The molecular formula is C25H37N5O6. The first kappa shape index (κ1) is 28.8. The van der Waals surface area contributed by atoms with Gasteiger partial charge >= 0.3 is 5.97 Å². The van der Waals surface area contributed by atoms with E-state index in [2.05, 4.69) is 21.3 Å². The number of carbonyl (C=O) groups excluding carboxylic acids is 4. The topological polar surface area (TPSA) is 180 Å². The maximum absolute atomic E-state index is 13.1. The maximum atomic E-state index is 13.1. The van der Waals surface area contributed by atoms with Crippen LogP contribution in [0.4, 0.5) is 0 Å². The normalized spacial score (nSPS) is 17.6. The van der Waals surface area contributed by atoms with Crippen LogP contribution in [0.15, 0.2) is 30.3 Å². The average molecular weight is 504 g/mol. The summed E-state index contributed by atoms with van der Waals surface area (Å²) in [6.45, 7) is 4.53. The van der Waals surface area contributed by atoms with Crippen molar-refractivity contribution in [3.8, 4) is 0 Å². The van der Waals surface area contributed by atoms with Gasteiger partial charge in [0.2, 0.25) is 23.6 Å². The summed E-state index contributed by atoms with van der Waals surface area (Å²) in [4.78, 5) is 62.0. The van der Waals surface area contributed by atoms with Crippen LogP contribution < -0.4 is 27.0 Å². The lowest BCUT2D eigenvalue weighted by Gasteiger charge is -2.26. The zero-order chi connectivity index (χ0) is 26.7. The second kappa shape index (κ2) is 14.2. The van der Waals surface area contributed by atoms with Gasteiger partial charge < -0.3 is 32.1 Å². The van der Waals surface area contributed by atoms with Gasteiger partial charge in [0.1, 0.15) is 18.1 Å². The third-order valence-corrected chi connectivity index (χ3v) is 5.93. The summed E-state index contributed by atoms with van der Waals surface area (Å²) in [5.74, 6) is -3.46. The van der Waals surface area contributed by atoms with E-state index in [4.69, 9.17) is 5.73 Å². The molecule has 1 saturated heterocycles. The van der Waals surface area contributed by atoms with E-state index >= 15 is 0 Å². The van der Waals surface area contributed by atoms with Crippen molar-refractivity contribution in [2.45, 2.75) is 76.5 Å². The van der Waals surface area contributed by atoms with Crippen LogP contribution in [-0.2, 0) is 30.4 Å². The molecule has 1 aliphatic heterocycles. The van der Waals surface area contributed by atoms with Crippen LogP contribution in [0.5, 0.6) is 0 Å². The zero-order valence-electron chi connectivity index (χ0n) is 20.8. The number of carbonyl (C=O) groups is 5. The number of hydrogen-bond donors (Lipinski definition) is 6. The molecular weight excluding hydrogens is 466 g/mol. The van der Waals surface area contributed by atoms with Crippen molar-refractivity contribution in [3.05, 3.63) is 35.9 Å². The Morgan fingerprint density at radius 1 is 1.00 bits per heavy atom. The van der Waals surface area contributed by atoms with Gasteiger partial charge in [0.15, 0.2) is 0 Å². The van der Waals surface area contributed by atoms with Crippen molar-refractivity contribution in [3.63, 3.8) is 0 Å². The molecule has 1 aliphatic rings. The third kappa shape index (κ3) is 9.65. The molecule has 0 bridgehead atoms. The molecule has 4 amide bonds. The molecule has 2 rings (SSSR count). The molecule has 0 aromatic heterocycles. The standard InChI is InChI=1S/C25H37N5O6/c1-15(2)13-19(29-22(32)17-9-6-12-27-17)24(34)28-18(10-11-21(26)31)23(33)30-20(25(35)36)14-16-7-4-3-5-8-16/h3-5,7-8,15,17-20,27H,6,9-14H2,1-2H3,(H2,26,31)(H,28,34)(H,29,32)(H,30,33)(H,35,36). The monoisotopic (exact) mass is 503 g/mol. The number of nitrogens with one attached hydrogen (secondary N) is 4. The van der Waals surface area contributed by atoms with Gasteiger partial charge in [0, 0.05) is 12.8 Å². The van der Waals surface area contributed by atoms with E-state index in [-0.39, 0.29) is 37.1 Å². The van der Waals surface area contributed by atoms with Gasteiger partial charge in [-0.25, -0.2) is 4.79 Å². The van der Waals surface area contributed by atoms with E-state index in [1.807, 2.05) is 13.8 Å². The summed E-state index contributed by atoms with van der Waals surface area (Å²) in [7, 11) is 0. The Bertz CT molecular complexity index is 917. The number of carboxylic acids is 1. The summed E-state index contributed by atoms with van der Waals surface area (Å²) in [5, 5.41) is 20.5. The van der Waals surface area contributed by atoms with Crippen LogP contribution in [0.2, 0.25) is 0 Å². The number of carboxylic acid groups (broad SMARTS) is 1. The Kier molecular flexibility index (Phi) is 11.3. The van der Waals surface area contributed by atoms with Gasteiger partial charge in [-0.1, -0.05) is 44.2 Å². The lowest BCUT2D eigenvalue weighted by atomic mass is 10.0. The summed E-state index contributed by atoms with van der Waals surface area (Å²) in [6, 6.07) is 5.07. The van der Waals surface area contributed by atoms with Crippen LogP contribution in [0, 0.1) is 5.92 Å². The first-order valence-corrected chi connectivity index (χ1v) is 12.3. The Labute approximate surface area is 211 Å². The zero-order valence-corrected chi connectivity index (χ0v) is 20.8. The predicted octanol–water partition coefficient (Wildman–Crippen LogP) is -0.168. The molecule has 4 atom stereocenters. The predicted molar refractivity (Wildman–Crippen MR) is 132 cm³/mol. The van der Waals surface area contributed by atoms with E-state index in [1.165, 1.54) is 0 Å². The number of rotatable bonds is 14. The number of amides is 4. The molecule has 7 N–H and O–H groups in total. The van der Waals surface area contributed by atoms with Crippen molar-refractivity contribution in [1.29, 1.82) is 0 Å². The number of primary amides is 1. The molecule has 0 spiro atoms. The first-order valence-electron chi connectivity index (χ1n) is 12.3. The minimum Gasteiger partial charge on any atom is -0.480 e. The van der Waals surface area contributed by atoms with Crippen molar-refractivity contribution in [1.82, 2.24) is 21.3 Å². The van der Waals surface area contributed by atoms with Crippen molar-refractivity contribution in [2.24, 2.45) is 11.7 Å². The summed E-state index contributed by atoms with van der Waals surface area (Å²) in [6.07, 6.45) is 1.60. The number of nitrogens with two attached hydrogens (primary N) is 1. The number of benzene rings is 1. The van der Waals surface area contributed by atoms with Gasteiger partial charge in [-0.3, -0.25) is 19.2 Å². The highest BCUT2D eigenvalue weighted by Gasteiger charge is 2.32. The van der Waals surface area contributed by atoms with Crippen LogP contribution in [0.3, 0.4) is 0 Å². The fourth-order valence-electron chi connectivity index (χ4n) is 4.03. The van der Waals surface area contributed by atoms with Crippen LogP contribution in [0.25, 0.3) is 0 Å². The molecule has 1 heterocycles. The molecule has 0 radical (unpaired) electrons. The lowest BCUT2D eigenvalue weighted by molar-refractivity contribution is -0.142. The molecule has 1 aromatic rings. The average Bonchev–Trinajstić information content (AvgIpc) is 3.36. The largest absolute Gasteiger partial charge is 0.480 e. The smallest absolute Gasteiger partial charge is 0.326 e. The van der Waals surface area contributed by atoms with Crippen LogP contribution >= 0.6 is 0 Å². The van der Waals surface area contributed by atoms with Gasteiger partial charge in [0.05, 0.1) is 6.04 Å². The summed E-state index contributed by atoms with van der Waals surface area (Å²) in [5.41, 5.74) is 5.95. The molecule has 1 fully saturated rings. The van der Waals surface area contributed by atoms with Crippen molar-refractivity contribution in [2.75, 3.05) is 6.54 Å². The van der Waals surface area contributed by atoms with Gasteiger partial charge in [-0.15, -0.1) is 0 Å². The molecule has 11 nitrogen and oxygen atoms in total. The molecule has 0 saturated carbocycles. The highest BCUT2D eigenvalue weighted by Crippen LogP contribution is 2.10. The van der Waals surface area contributed by atoms with E-state index in [9.17, 15) is 29.1 Å². The second-order valence-corrected chi connectivity index (χ2v) is 9.49. The Hall–Kier alpha value is -3.47. The van der Waals surface area contributed by atoms with E-state index < -0.39 is 41.8 Å². The number of aliphatic carboxylic acids is 1.